The monoisotopic (exact) mass is 434 g/mol. The van der Waals surface area contributed by atoms with E-state index in [0.29, 0.717) is 29.0 Å². The molecule has 4 heterocycles. The van der Waals surface area contributed by atoms with Crippen molar-refractivity contribution in [1.29, 1.82) is 0 Å². The van der Waals surface area contributed by atoms with Crippen LogP contribution in [0.15, 0.2) is 35.1 Å². The summed E-state index contributed by atoms with van der Waals surface area (Å²) in [6.07, 6.45) is 0.446. The minimum Gasteiger partial charge on any atom is -0.458 e. The van der Waals surface area contributed by atoms with Crippen LogP contribution in [-0.4, -0.2) is 26.5 Å². The lowest BCUT2D eigenvalue weighted by molar-refractivity contribution is -0.172. The number of primary amides is 1. The lowest BCUT2D eigenvalue weighted by Gasteiger charge is -2.32. The summed E-state index contributed by atoms with van der Waals surface area (Å²) < 4.78 is 6.70. The fourth-order valence-corrected chi connectivity index (χ4v) is 4.74. The molecule has 9 heteroatoms. The van der Waals surface area contributed by atoms with Crippen LogP contribution >= 0.6 is 0 Å². The second-order valence-electron chi connectivity index (χ2n) is 8.29. The zero-order chi connectivity index (χ0) is 22.8. The van der Waals surface area contributed by atoms with E-state index in [-0.39, 0.29) is 36.1 Å². The number of pyridine rings is 2. The van der Waals surface area contributed by atoms with Crippen LogP contribution in [0.25, 0.3) is 22.3 Å². The van der Waals surface area contributed by atoms with Crippen LogP contribution < -0.4 is 17.0 Å². The molecule has 1 aromatic carbocycles. The summed E-state index contributed by atoms with van der Waals surface area (Å²) in [5.74, 6) is -1.25. The number of nitrogen functional groups attached to an aromatic ring is 1. The number of carbonyl (C=O) groups excluding carboxylic acids is 2. The van der Waals surface area contributed by atoms with E-state index in [1.807, 2.05) is 6.07 Å². The number of nitrogens with two attached hydrogens (primary N) is 2. The van der Waals surface area contributed by atoms with Crippen molar-refractivity contribution < 1.29 is 19.4 Å². The van der Waals surface area contributed by atoms with Gasteiger partial charge in [-0.25, -0.2) is 9.78 Å². The summed E-state index contributed by atoms with van der Waals surface area (Å²) in [6.45, 7) is 1.43. The number of ether oxygens (including phenoxy) is 1. The van der Waals surface area contributed by atoms with E-state index in [1.165, 1.54) is 0 Å². The van der Waals surface area contributed by atoms with Crippen molar-refractivity contribution in [2.45, 2.75) is 44.4 Å². The molecule has 5 N–H and O–H groups in total. The molecule has 1 amide bonds. The van der Waals surface area contributed by atoms with Gasteiger partial charge in [-0.1, -0.05) is 6.92 Å². The van der Waals surface area contributed by atoms with Gasteiger partial charge in [0.1, 0.15) is 6.61 Å². The molecule has 2 aliphatic rings. The number of nitrogens with zero attached hydrogens (tertiary/aromatic N) is 2. The molecule has 9 nitrogen and oxygen atoms in total. The molecule has 32 heavy (non-hydrogen) atoms. The summed E-state index contributed by atoms with van der Waals surface area (Å²) in [5, 5.41) is 11.8. The highest BCUT2D eigenvalue weighted by Gasteiger charge is 2.46. The number of aliphatic hydroxyl groups is 1. The third-order valence-electron chi connectivity index (χ3n) is 6.43. The van der Waals surface area contributed by atoms with Crippen molar-refractivity contribution in [3.05, 3.63) is 57.4 Å². The van der Waals surface area contributed by atoms with Gasteiger partial charge >= 0.3 is 5.97 Å². The molecule has 5 rings (SSSR count). The van der Waals surface area contributed by atoms with Crippen molar-refractivity contribution in [2.24, 2.45) is 5.73 Å². The number of benzene rings is 1. The zero-order valence-electron chi connectivity index (χ0n) is 17.4. The first kappa shape index (κ1) is 20.2. The third-order valence-corrected chi connectivity index (χ3v) is 6.43. The summed E-state index contributed by atoms with van der Waals surface area (Å²) in [6, 6.07) is 8.43. The Morgan fingerprint density at radius 1 is 1.31 bits per heavy atom. The molecule has 3 aromatic rings. The second-order valence-corrected chi connectivity index (χ2v) is 8.29. The van der Waals surface area contributed by atoms with Crippen molar-refractivity contribution in [2.75, 3.05) is 5.73 Å². The van der Waals surface area contributed by atoms with E-state index in [2.05, 4.69) is 0 Å². The van der Waals surface area contributed by atoms with E-state index >= 15 is 0 Å². The molecule has 0 bridgehead atoms. The highest BCUT2D eigenvalue weighted by Crippen LogP contribution is 2.44. The molecule has 0 fully saturated rings. The molecule has 0 saturated heterocycles. The molecule has 2 aliphatic heterocycles. The Balaban J connectivity index is 1.81. The number of carbonyl (C=O) groups is 2. The first-order valence-corrected chi connectivity index (χ1v) is 10.4. The minimum absolute atomic E-state index is 0.0596. The molecule has 164 valence electrons. The van der Waals surface area contributed by atoms with E-state index in [1.54, 1.807) is 35.8 Å². The summed E-state index contributed by atoms with van der Waals surface area (Å²) in [5.41, 5.74) is 12.6. The zero-order valence-corrected chi connectivity index (χ0v) is 17.4. The second kappa shape index (κ2) is 6.89. The number of rotatable bonds is 4. The van der Waals surface area contributed by atoms with Crippen LogP contribution in [0.5, 0.6) is 0 Å². The van der Waals surface area contributed by atoms with Crippen molar-refractivity contribution in [3.8, 4) is 11.4 Å². The van der Waals surface area contributed by atoms with Crippen molar-refractivity contribution in [3.63, 3.8) is 0 Å². The number of fused-ring (bicyclic) bond motifs is 5. The fraction of sp³-hybridized carbons (Fsp3) is 0.304. The van der Waals surface area contributed by atoms with Gasteiger partial charge in [-0.3, -0.25) is 14.2 Å². The number of hydrogen-bond donors (Lipinski definition) is 3. The third kappa shape index (κ3) is 2.74. The molecule has 0 spiro atoms. The predicted octanol–water partition coefficient (Wildman–Crippen LogP) is 1.47. The lowest BCUT2D eigenvalue weighted by atomic mass is 9.86. The normalized spacial score (nSPS) is 21.1. The Morgan fingerprint density at radius 3 is 2.81 bits per heavy atom. The summed E-state index contributed by atoms with van der Waals surface area (Å²) in [7, 11) is 0. The summed E-state index contributed by atoms with van der Waals surface area (Å²) in [4.78, 5) is 42.2. The van der Waals surface area contributed by atoms with E-state index in [4.69, 9.17) is 21.2 Å². The smallest absolute Gasteiger partial charge is 0.343 e. The van der Waals surface area contributed by atoms with Crippen LogP contribution in [0.1, 0.15) is 48.9 Å². The van der Waals surface area contributed by atoms with Gasteiger partial charge in [0.15, 0.2) is 5.60 Å². The SMILES string of the molecule is CC[C@@]1(O)C(=O)OCc2c1cc1n(c2=O)C(CCC(N)=O)c2cc3cc(N)ccc3nc2-1. The molecule has 2 atom stereocenters. The number of aromatic nitrogens is 2. The average molecular weight is 434 g/mol. The highest BCUT2D eigenvalue weighted by atomic mass is 16.6. The van der Waals surface area contributed by atoms with Crippen LogP contribution in [0, 0.1) is 0 Å². The Labute approximate surface area is 182 Å². The number of hydrogen-bond acceptors (Lipinski definition) is 7. The number of esters is 1. The van der Waals surface area contributed by atoms with Gasteiger partial charge in [0, 0.05) is 28.6 Å². The quantitative estimate of drug-likeness (QED) is 0.415. The Bertz CT molecular complexity index is 1380. The Morgan fingerprint density at radius 2 is 2.09 bits per heavy atom. The molecule has 2 aromatic heterocycles. The number of anilines is 1. The highest BCUT2D eigenvalue weighted by molar-refractivity contribution is 5.88. The van der Waals surface area contributed by atoms with Gasteiger partial charge in [-0.2, -0.15) is 0 Å². The molecular formula is C23H22N4O5. The van der Waals surface area contributed by atoms with Crippen LogP contribution in [0.4, 0.5) is 5.69 Å². The van der Waals surface area contributed by atoms with Crippen molar-refractivity contribution in [1.82, 2.24) is 9.55 Å². The fourth-order valence-electron chi connectivity index (χ4n) is 4.74. The first-order valence-electron chi connectivity index (χ1n) is 10.4. The van der Waals surface area contributed by atoms with Crippen LogP contribution in [0.3, 0.4) is 0 Å². The molecule has 0 saturated carbocycles. The lowest BCUT2D eigenvalue weighted by Crippen LogP contribution is -2.44. The maximum Gasteiger partial charge on any atom is 0.343 e. The minimum atomic E-state index is -1.90. The molecule has 0 aliphatic carbocycles. The molecular weight excluding hydrogens is 412 g/mol. The Kier molecular flexibility index (Phi) is 4.35. The van der Waals surface area contributed by atoms with Gasteiger partial charge in [0.25, 0.3) is 5.56 Å². The van der Waals surface area contributed by atoms with Crippen LogP contribution in [0.2, 0.25) is 0 Å². The maximum atomic E-state index is 13.6. The van der Waals surface area contributed by atoms with E-state index < -0.39 is 23.5 Å². The largest absolute Gasteiger partial charge is 0.458 e. The topological polar surface area (TPSA) is 151 Å². The first-order chi connectivity index (χ1) is 15.2. The molecule has 0 radical (unpaired) electrons. The standard InChI is InChI=1S/C23H22N4O5/c1-2-23(31)15-9-18-20-13(8-11-7-12(24)3-4-16(11)26-20)17(5-6-19(25)28)27(18)21(29)14(15)10-32-22(23)30/h3-4,7-9,17,31H,2,5-6,10,24H2,1H3,(H2,25,28)/t17?,23-/m0/s1. The molecule has 1 unspecified atom stereocenters. The van der Waals surface area contributed by atoms with E-state index in [0.717, 1.165) is 10.9 Å². The number of cyclic esters (lactones) is 1. The van der Waals surface area contributed by atoms with Gasteiger partial charge in [-0.15, -0.1) is 0 Å². The van der Waals surface area contributed by atoms with Gasteiger partial charge in [0.2, 0.25) is 5.91 Å². The van der Waals surface area contributed by atoms with Crippen LogP contribution in [-0.2, 0) is 26.5 Å². The van der Waals surface area contributed by atoms with Gasteiger partial charge < -0.3 is 21.3 Å². The van der Waals surface area contributed by atoms with E-state index in [9.17, 15) is 19.5 Å². The average Bonchev–Trinajstić information content (AvgIpc) is 3.06. The van der Waals surface area contributed by atoms with Gasteiger partial charge in [0.05, 0.1) is 28.5 Å². The van der Waals surface area contributed by atoms with Crippen molar-refractivity contribution >= 4 is 28.5 Å². The Hall–Kier alpha value is -3.72. The predicted molar refractivity (Wildman–Crippen MR) is 116 cm³/mol. The van der Waals surface area contributed by atoms with Gasteiger partial charge in [-0.05, 0) is 43.2 Å². The summed E-state index contributed by atoms with van der Waals surface area (Å²) >= 11 is 0. The number of amides is 1. The maximum absolute atomic E-state index is 13.6.